The Hall–Kier alpha value is -6.69. The molecule has 52 heavy (non-hydrogen) atoms. The summed E-state index contributed by atoms with van der Waals surface area (Å²) in [5.41, 5.74) is 10.6. The Labute approximate surface area is 301 Å². The molecule has 0 aliphatic carbocycles. The van der Waals surface area contributed by atoms with Crippen molar-refractivity contribution in [3.05, 3.63) is 170 Å². The third-order valence-electron chi connectivity index (χ3n) is 10.9. The molecule has 0 aliphatic rings. The Morgan fingerprint density at radius 1 is 0.327 bits per heavy atom. The van der Waals surface area contributed by atoms with Crippen molar-refractivity contribution in [3.63, 3.8) is 0 Å². The fourth-order valence-electron chi connectivity index (χ4n) is 8.68. The first-order chi connectivity index (χ1) is 25.8. The first kappa shape index (κ1) is 28.1. The Balaban J connectivity index is 1.07. The van der Waals surface area contributed by atoms with E-state index in [2.05, 4.69) is 177 Å². The van der Waals surface area contributed by atoms with Gasteiger partial charge in [-0.3, -0.25) is 0 Å². The van der Waals surface area contributed by atoms with Gasteiger partial charge in [0.1, 0.15) is 4.83 Å². The zero-order valence-corrected chi connectivity index (χ0v) is 28.7. The van der Waals surface area contributed by atoms with Gasteiger partial charge in [-0.25, -0.2) is 4.98 Å². The number of aromatic nitrogens is 4. The predicted molar refractivity (Wildman–Crippen MR) is 220 cm³/mol. The first-order valence-electron chi connectivity index (χ1n) is 17.6. The molecule has 0 fully saturated rings. The van der Waals surface area contributed by atoms with Crippen molar-refractivity contribution in [1.29, 1.82) is 0 Å². The molecule has 5 heterocycles. The number of fused-ring (bicyclic) bond motifs is 12. The molecule has 0 saturated heterocycles. The smallest absolute Gasteiger partial charge is 0.124 e. The van der Waals surface area contributed by atoms with Gasteiger partial charge in [0.25, 0.3) is 0 Å². The number of nitrogens with zero attached hydrogens (tertiary/aromatic N) is 4. The predicted octanol–water partition coefficient (Wildman–Crippen LogP) is 12.7. The van der Waals surface area contributed by atoms with E-state index in [9.17, 15) is 0 Å². The normalized spacial score (nSPS) is 12.2. The molecule has 0 aliphatic heterocycles. The summed E-state index contributed by atoms with van der Waals surface area (Å²) in [5.74, 6) is 0. The molecule has 0 bridgehead atoms. The average molecular weight is 681 g/mol. The molecule has 0 amide bonds. The summed E-state index contributed by atoms with van der Waals surface area (Å²) >= 11 is 1.76. The Morgan fingerprint density at radius 2 is 0.712 bits per heavy atom. The lowest BCUT2D eigenvalue weighted by atomic mass is 10.1. The van der Waals surface area contributed by atoms with Crippen molar-refractivity contribution < 1.29 is 0 Å². The van der Waals surface area contributed by atoms with E-state index < -0.39 is 0 Å². The molecule has 0 N–H and O–H groups in total. The average Bonchev–Trinajstić information content (AvgIpc) is 3.93. The standard InChI is InChI=1S/C47H28N4S/c1-6-16-40-32(11-1)33-12-2-7-17-41(33)49(40)29-21-23-45-37(25-29)36-15-5-10-20-44(36)50(45)30-22-24-46-38(26-30)39-27-31(28-48-47(39)52-46)51-42-18-8-3-13-34(42)35-14-4-9-19-43(35)51/h1-28H. The van der Waals surface area contributed by atoms with E-state index in [-0.39, 0.29) is 0 Å². The van der Waals surface area contributed by atoms with E-state index in [0.29, 0.717) is 0 Å². The van der Waals surface area contributed by atoms with Gasteiger partial charge in [-0.15, -0.1) is 11.3 Å². The van der Waals surface area contributed by atoms with E-state index in [1.54, 1.807) is 11.3 Å². The molecule has 12 aromatic rings. The monoisotopic (exact) mass is 680 g/mol. The molecule has 7 aromatic carbocycles. The summed E-state index contributed by atoms with van der Waals surface area (Å²) in [7, 11) is 0. The third-order valence-corrected chi connectivity index (χ3v) is 12.0. The van der Waals surface area contributed by atoms with Gasteiger partial charge in [0.2, 0.25) is 0 Å². The zero-order valence-electron chi connectivity index (χ0n) is 27.9. The number of thiophene rings is 1. The Kier molecular flexibility index (Phi) is 5.62. The van der Waals surface area contributed by atoms with E-state index in [4.69, 9.17) is 4.98 Å². The van der Waals surface area contributed by atoms with E-state index in [1.807, 2.05) is 6.20 Å². The first-order valence-corrected chi connectivity index (χ1v) is 18.4. The molecular weight excluding hydrogens is 653 g/mol. The van der Waals surface area contributed by atoms with Crippen LogP contribution in [0, 0.1) is 0 Å². The number of para-hydroxylation sites is 5. The van der Waals surface area contributed by atoms with E-state index in [1.165, 1.54) is 80.9 Å². The number of rotatable bonds is 3. The maximum absolute atomic E-state index is 5.05. The highest BCUT2D eigenvalue weighted by atomic mass is 32.1. The highest BCUT2D eigenvalue weighted by Gasteiger charge is 2.18. The van der Waals surface area contributed by atoms with Crippen LogP contribution in [0.2, 0.25) is 0 Å². The van der Waals surface area contributed by atoms with Crippen molar-refractivity contribution in [1.82, 2.24) is 18.7 Å². The minimum absolute atomic E-state index is 1.05. The summed E-state index contributed by atoms with van der Waals surface area (Å²) in [6.45, 7) is 0. The third kappa shape index (κ3) is 3.78. The summed E-state index contributed by atoms with van der Waals surface area (Å²) < 4.78 is 8.42. The van der Waals surface area contributed by atoms with Gasteiger partial charge in [-0.2, -0.15) is 0 Å². The van der Waals surface area contributed by atoms with Crippen molar-refractivity contribution in [2.24, 2.45) is 0 Å². The molecule has 0 unspecified atom stereocenters. The summed E-state index contributed by atoms with van der Waals surface area (Å²) in [5, 5.41) is 9.93. The Bertz CT molecular complexity index is 3320. The molecule has 242 valence electrons. The van der Waals surface area contributed by atoms with Crippen LogP contribution < -0.4 is 0 Å². The number of hydrogen-bond acceptors (Lipinski definition) is 2. The van der Waals surface area contributed by atoms with Crippen LogP contribution in [-0.2, 0) is 0 Å². The van der Waals surface area contributed by atoms with Crippen LogP contribution in [0.3, 0.4) is 0 Å². The van der Waals surface area contributed by atoms with Gasteiger partial charge in [0.05, 0.1) is 45.0 Å². The molecular formula is C47H28N4S. The van der Waals surface area contributed by atoms with Crippen LogP contribution in [0.25, 0.3) is 103 Å². The fraction of sp³-hybridized carbons (Fsp3) is 0. The Morgan fingerprint density at radius 3 is 1.23 bits per heavy atom. The van der Waals surface area contributed by atoms with Gasteiger partial charge >= 0.3 is 0 Å². The lowest BCUT2D eigenvalue weighted by molar-refractivity contribution is 1.16. The SMILES string of the molecule is c1ccc2c(c1)c1ccccc1n2-c1cnc2sc3ccc(-n4c5ccccc5c5cc(-n6c7ccccc7c7ccccc76)ccc54)cc3c2c1. The lowest BCUT2D eigenvalue weighted by Crippen LogP contribution is -1.96. The van der Waals surface area contributed by atoms with Crippen LogP contribution in [-0.4, -0.2) is 18.7 Å². The van der Waals surface area contributed by atoms with E-state index in [0.717, 1.165) is 21.9 Å². The van der Waals surface area contributed by atoms with Gasteiger partial charge in [0.15, 0.2) is 0 Å². The van der Waals surface area contributed by atoms with Gasteiger partial charge in [-0.1, -0.05) is 91.0 Å². The molecule has 0 saturated carbocycles. The van der Waals surface area contributed by atoms with E-state index >= 15 is 0 Å². The molecule has 4 nitrogen and oxygen atoms in total. The maximum atomic E-state index is 5.05. The van der Waals surface area contributed by atoms with Crippen molar-refractivity contribution in [2.75, 3.05) is 0 Å². The summed E-state index contributed by atoms with van der Waals surface area (Å²) in [6.07, 6.45) is 2.03. The molecule has 5 aromatic heterocycles. The zero-order chi connectivity index (χ0) is 33.9. The number of hydrogen-bond donors (Lipinski definition) is 0. The van der Waals surface area contributed by atoms with Gasteiger partial charge in [0, 0.05) is 59.2 Å². The van der Waals surface area contributed by atoms with Crippen LogP contribution in [0.4, 0.5) is 0 Å². The highest BCUT2D eigenvalue weighted by Crippen LogP contribution is 2.40. The van der Waals surface area contributed by atoms with Gasteiger partial charge < -0.3 is 13.7 Å². The van der Waals surface area contributed by atoms with Crippen molar-refractivity contribution >= 4 is 97.1 Å². The second-order valence-corrected chi connectivity index (χ2v) is 14.7. The highest BCUT2D eigenvalue weighted by molar-refractivity contribution is 7.25. The second-order valence-electron chi connectivity index (χ2n) is 13.6. The quantitative estimate of drug-likeness (QED) is 0.182. The summed E-state index contributed by atoms with van der Waals surface area (Å²) in [4.78, 5) is 6.10. The molecule has 0 radical (unpaired) electrons. The number of benzene rings is 7. The lowest BCUT2D eigenvalue weighted by Gasteiger charge is -2.11. The van der Waals surface area contributed by atoms with Crippen molar-refractivity contribution in [3.8, 4) is 17.1 Å². The molecule has 0 atom stereocenters. The molecule has 12 rings (SSSR count). The number of pyridine rings is 1. The van der Waals surface area contributed by atoms with Crippen LogP contribution in [0.5, 0.6) is 0 Å². The maximum Gasteiger partial charge on any atom is 0.124 e. The minimum Gasteiger partial charge on any atom is -0.309 e. The van der Waals surface area contributed by atoms with Crippen LogP contribution >= 0.6 is 11.3 Å². The molecule has 0 spiro atoms. The molecule has 5 heteroatoms. The fourth-order valence-corrected chi connectivity index (χ4v) is 9.69. The van der Waals surface area contributed by atoms with Gasteiger partial charge in [-0.05, 0) is 72.8 Å². The largest absolute Gasteiger partial charge is 0.309 e. The van der Waals surface area contributed by atoms with Crippen molar-refractivity contribution in [2.45, 2.75) is 0 Å². The topological polar surface area (TPSA) is 27.7 Å². The van der Waals surface area contributed by atoms with Crippen LogP contribution in [0.15, 0.2) is 170 Å². The van der Waals surface area contributed by atoms with Crippen LogP contribution in [0.1, 0.15) is 0 Å². The minimum atomic E-state index is 1.05. The summed E-state index contributed by atoms with van der Waals surface area (Å²) in [6, 6.07) is 59.7. The second kappa shape index (κ2) is 10.4.